The molecule has 0 radical (unpaired) electrons. The highest BCUT2D eigenvalue weighted by molar-refractivity contribution is 5.94. The smallest absolute Gasteiger partial charge is 0.410 e. The molecule has 0 aromatic heterocycles. The van der Waals surface area contributed by atoms with E-state index in [0.717, 1.165) is 25.7 Å². The van der Waals surface area contributed by atoms with Crippen LogP contribution in [0.1, 0.15) is 70.2 Å². The molecule has 2 rings (SSSR count). The van der Waals surface area contributed by atoms with Gasteiger partial charge < -0.3 is 15.0 Å². The van der Waals surface area contributed by atoms with Gasteiger partial charge in [0, 0.05) is 31.9 Å². The number of hydrogen-bond acceptors (Lipinski definition) is 5. The first-order valence-electron chi connectivity index (χ1n) is 11.1. The Labute approximate surface area is 184 Å². The van der Waals surface area contributed by atoms with Crippen LogP contribution in [0.3, 0.4) is 0 Å². The second kappa shape index (κ2) is 11.3. The van der Waals surface area contributed by atoms with Gasteiger partial charge in [-0.3, -0.25) is 10.0 Å². The molecule has 2 N–H and O–H groups in total. The summed E-state index contributed by atoms with van der Waals surface area (Å²) in [4.78, 5) is 25.9. The van der Waals surface area contributed by atoms with Crippen LogP contribution in [0.2, 0.25) is 0 Å². The maximum Gasteiger partial charge on any atom is 0.410 e. The molecule has 1 saturated heterocycles. The van der Waals surface area contributed by atoms with Gasteiger partial charge in [-0.05, 0) is 77.0 Å². The summed E-state index contributed by atoms with van der Waals surface area (Å²) in [5, 5.41) is 13.4. The van der Waals surface area contributed by atoms with Gasteiger partial charge >= 0.3 is 6.09 Å². The largest absolute Gasteiger partial charge is 0.444 e. The molecule has 8 heteroatoms. The molecule has 1 aliphatic heterocycles. The summed E-state index contributed by atoms with van der Waals surface area (Å²) in [7, 11) is 0. The van der Waals surface area contributed by atoms with Crippen molar-refractivity contribution in [3.05, 3.63) is 29.6 Å². The van der Waals surface area contributed by atoms with Crippen molar-refractivity contribution in [3.8, 4) is 0 Å². The fourth-order valence-corrected chi connectivity index (χ4v) is 3.61. The molecule has 1 aromatic rings. The number of ether oxygens (including phenoxy) is 1. The highest BCUT2D eigenvalue weighted by atomic mass is 19.1. The highest BCUT2D eigenvalue weighted by Gasteiger charge is 2.26. The number of rotatable bonds is 8. The number of halogens is 1. The molecule has 31 heavy (non-hydrogen) atoms. The first-order chi connectivity index (χ1) is 14.6. The molecule has 0 bridgehead atoms. The molecule has 0 aliphatic carbocycles. The minimum atomic E-state index is -0.733. The van der Waals surface area contributed by atoms with Gasteiger partial charge in [0.2, 0.25) is 0 Å². The summed E-state index contributed by atoms with van der Waals surface area (Å²) in [5.41, 5.74) is -0.00981. The van der Waals surface area contributed by atoms with Crippen LogP contribution in [0.15, 0.2) is 18.2 Å². The van der Waals surface area contributed by atoms with Gasteiger partial charge in [0.05, 0.1) is 5.56 Å². The number of nitrogens with one attached hydrogen (secondary N) is 1. The quantitative estimate of drug-likeness (QED) is 0.343. The van der Waals surface area contributed by atoms with Crippen LogP contribution in [0, 0.1) is 11.7 Å². The van der Waals surface area contributed by atoms with Gasteiger partial charge in [-0.15, -0.1) is 0 Å². The first kappa shape index (κ1) is 24.9. The molecule has 0 unspecified atom stereocenters. The van der Waals surface area contributed by atoms with Crippen molar-refractivity contribution >= 4 is 17.7 Å². The summed E-state index contributed by atoms with van der Waals surface area (Å²) in [6.07, 6.45) is 4.23. The monoisotopic (exact) mass is 437 g/mol. The predicted octanol–water partition coefficient (Wildman–Crippen LogP) is 4.91. The number of amides is 2. The average molecular weight is 438 g/mol. The van der Waals surface area contributed by atoms with Gasteiger partial charge in [0.15, 0.2) is 0 Å². The van der Waals surface area contributed by atoms with Crippen LogP contribution in [0.25, 0.3) is 0 Å². The Morgan fingerprint density at radius 2 is 1.97 bits per heavy atom. The van der Waals surface area contributed by atoms with Crippen molar-refractivity contribution in [2.45, 2.75) is 65.4 Å². The van der Waals surface area contributed by atoms with Crippen LogP contribution < -0.4 is 5.32 Å². The number of hydroxylamine groups is 2. The number of nitrogens with zero attached hydrogens (tertiary/aromatic N) is 2. The average Bonchev–Trinajstić information content (AvgIpc) is 2.70. The number of anilines is 1. The molecule has 7 nitrogen and oxygen atoms in total. The third kappa shape index (κ3) is 8.01. The fourth-order valence-electron chi connectivity index (χ4n) is 3.61. The number of carbonyl (C=O) groups is 2. The van der Waals surface area contributed by atoms with E-state index in [1.165, 1.54) is 12.1 Å². The molecule has 1 aliphatic rings. The van der Waals surface area contributed by atoms with Crippen LogP contribution in [-0.4, -0.2) is 59.0 Å². The molecular formula is C23H36FN3O4. The van der Waals surface area contributed by atoms with E-state index >= 15 is 0 Å². The lowest BCUT2D eigenvalue weighted by molar-refractivity contribution is -0.0581. The Bertz CT molecular complexity index is 743. The van der Waals surface area contributed by atoms with E-state index in [-0.39, 0.29) is 18.2 Å². The lowest BCUT2D eigenvalue weighted by atomic mass is 9.92. The molecule has 0 atom stereocenters. The molecule has 0 saturated carbocycles. The third-order valence-corrected chi connectivity index (χ3v) is 5.25. The minimum Gasteiger partial charge on any atom is -0.444 e. The standard InChI is InChI=1S/C23H36FN3O4/c1-5-13-27(30)21(28)19-9-8-18(16-20(19)24)25-12-6-7-17-10-14-26(15-11-17)22(29)31-23(2,3)4/h8-9,16-17,25,30H,5-7,10-15H2,1-4H3. The maximum atomic E-state index is 14.3. The highest BCUT2D eigenvalue weighted by Crippen LogP contribution is 2.24. The van der Waals surface area contributed by atoms with Crippen molar-refractivity contribution in [2.24, 2.45) is 5.92 Å². The van der Waals surface area contributed by atoms with E-state index in [1.54, 1.807) is 11.0 Å². The molecular weight excluding hydrogens is 401 g/mol. The topological polar surface area (TPSA) is 82.1 Å². The zero-order valence-electron chi connectivity index (χ0n) is 19.1. The zero-order chi connectivity index (χ0) is 23.0. The van der Waals surface area contributed by atoms with E-state index < -0.39 is 17.3 Å². The van der Waals surface area contributed by atoms with Gasteiger partial charge in [0.25, 0.3) is 5.91 Å². The van der Waals surface area contributed by atoms with Gasteiger partial charge in [0.1, 0.15) is 11.4 Å². The minimum absolute atomic E-state index is 0.141. The Balaban J connectivity index is 1.71. The zero-order valence-corrected chi connectivity index (χ0v) is 19.1. The maximum absolute atomic E-state index is 14.3. The van der Waals surface area contributed by atoms with E-state index in [2.05, 4.69) is 5.32 Å². The van der Waals surface area contributed by atoms with E-state index in [4.69, 9.17) is 4.74 Å². The van der Waals surface area contributed by atoms with Crippen LogP contribution >= 0.6 is 0 Å². The molecule has 0 spiro atoms. The number of piperidine rings is 1. The van der Waals surface area contributed by atoms with E-state index in [0.29, 0.717) is 42.7 Å². The molecule has 1 fully saturated rings. The van der Waals surface area contributed by atoms with E-state index in [1.807, 2.05) is 27.7 Å². The summed E-state index contributed by atoms with van der Waals surface area (Å²) in [6.45, 7) is 9.72. The van der Waals surface area contributed by atoms with Crippen molar-refractivity contribution in [1.29, 1.82) is 0 Å². The molecule has 2 amide bonds. The number of likely N-dealkylation sites (tertiary alicyclic amines) is 1. The summed E-state index contributed by atoms with van der Waals surface area (Å²) in [6, 6.07) is 4.33. The van der Waals surface area contributed by atoms with Crippen molar-refractivity contribution in [2.75, 3.05) is 31.5 Å². The fraction of sp³-hybridized carbons (Fsp3) is 0.652. The molecule has 1 heterocycles. The van der Waals surface area contributed by atoms with Crippen LogP contribution in [0.5, 0.6) is 0 Å². The number of carbonyl (C=O) groups excluding carboxylic acids is 2. The van der Waals surface area contributed by atoms with Crippen molar-refractivity contribution in [1.82, 2.24) is 9.96 Å². The van der Waals surface area contributed by atoms with E-state index in [9.17, 15) is 19.2 Å². The number of hydrogen-bond donors (Lipinski definition) is 2. The second-order valence-corrected chi connectivity index (χ2v) is 9.10. The summed E-state index contributed by atoms with van der Waals surface area (Å²) < 4.78 is 19.7. The van der Waals surface area contributed by atoms with Crippen molar-refractivity contribution in [3.63, 3.8) is 0 Å². The Kier molecular flexibility index (Phi) is 9.10. The van der Waals surface area contributed by atoms with Crippen LogP contribution in [-0.2, 0) is 4.74 Å². The normalized spacial score (nSPS) is 15.0. The van der Waals surface area contributed by atoms with Gasteiger partial charge in [-0.1, -0.05) is 6.92 Å². The Morgan fingerprint density at radius 1 is 1.29 bits per heavy atom. The summed E-state index contributed by atoms with van der Waals surface area (Å²) >= 11 is 0. The molecule has 1 aromatic carbocycles. The Morgan fingerprint density at radius 3 is 2.55 bits per heavy atom. The number of benzene rings is 1. The predicted molar refractivity (Wildman–Crippen MR) is 118 cm³/mol. The second-order valence-electron chi connectivity index (χ2n) is 9.10. The van der Waals surface area contributed by atoms with Crippen molar-refractivity contribution < 1.29 is 23.9 Å². The van der Waals surface area contributed by atoms with Gasteiger partial charge in [-0.25, -0.2) is 14.2 Å². The lowest BCUT2D eigenvalue weighted by Gasteiger charge is -2.33. The first-order valence-corrected chi connectivity index (χ1v) is 11.1. The summed E-state index contributed by atoms with van der Waals surface area (Å²) in [5.74, 6) is -0.824. The SMILES string of the molecule is CCCN(O)C(=O)c1ccc(NCCCC2CCN(C(=O)OC(C)(C)C)CC2)cc1F. The molecule has 174 valence electrons. The Hall–Kier alpha value is -2.35. The van der Waals surface area contributed by atoms with Crippen LogP contribution in [0.4, 0.5) is 14.9 Å². The third-order valence-electron chi connectivity index (χ3n) is 5.25. The van der Waals surface area contributed by atoms with Gasteiger partial charge in [-0.2, -0.15) is 0 Å². The lowest BCUT2D eigenvalue weighted by Crippen LogP contribution is -2.41.